The minimum Gasteiger partial charge on any atom is -0.383 e. The van der Waals surface area contributed by atoms with Crippen molar-refractivity contribution in [1.82, 2.24) is 19.8 Å². The van der Waals surface area contributed by atoms with Crippen molar-refractivity contribution in [3.8, 4) is 0 Å². The Morgan fingerprint density at radius 1 is 1.00 bits per heavy atom. The van der Waals surface area contributed by atoms with Crippen molar-refractivity contribution in [2.75, 3.05) is 31.9 Å². The van der Waals surface area contributed by atoms with Gasteiger partial charge in [-0.15, -0.1) is 0 Å². The number of fused-ring (bicyclic) bond motifs is 1. The van der Waals surface area contributed by atoms with E-state index in [1.807, 2.05) is 29.2 Å². The number of benzene rings is 2. The van der Waals surface area contributed by atoms with Gasteiger partial charge in [-0.25, -0.2) is 9.97 Å². The largest absolute Gasteiger partial charge is 0.383 e. The number of aromatic nitrogens is 2. The van der Waals surface area contributed by atoms with Crippen molar-refractivity contribution < 1.29 is 4.79 Å². The lowest BCUT2D eigenvalue weighted by Crippen LogP contribution is -2.48. The van der Waals surface area contributed by atoms with E-state index in [1.165, 1.54) is 0 Å². The van der Waals surface area contributed by atoms with Crippen LogP contribution >= 0.6 is 23.2 Å². The Labute approximate surface area is 172 Å². The summed E-state index contributed by atoms with van der Waals surface area (Å²) >= 11 is 12.0. The first-order chi connectivity index (χ1) is 13.5. The van der Waals surface area contributed by atoms with Gasteiger partial charge in [-0.3, -0.25) is 9.69 Å². The van der Waals surface area contributed by atoms with Gasteiger partial charge in [-0.2, -0.15) is 0 Å². The van der Waals surface area contributed by atoms with Crippen LogP contribution in [0.2, 0.25) is 10.0 Å². The summed E-state index contributed by atoms with van der Waals surface area (Å²) in [6, 6.07) is 12.6. The van der Waals surface area contributed by atoms with Crippen LogP contribution in [-0.4, -0.2) is 51.9 Å². The molecule has 0 aliphatic carbocycles. The van der Waals surface area contributed by atoms with E-state index in [0.717, 1.165) is 24.0 Å². The molecule has 28 heavy (non-hydrogen) atoms. The van der Waals surface area contributed by atoms with Crippen LogP contribution in [0, 0.1) is 0 Å². The number of carbonyl (C=O) groups excluding carboxylic acids is 1. The predicted molar refractivity (Wildman–Crippen MR) is 112 cm³/mol. The second-order valence-electron chi connectivity index (χ2n) is 6.77. The highest BCUT2D eigenvalue weighted by Crippen LogP contribution is 2.21. The zero-order valence-electron chi connectivity index (χ0n) is 15.1. The van der Waals surface area contributed by atoms with Gasteiger partial charge in [0, 0.05) is 47.2 Å². The first-order valence-electron chi connectivity index (χ1n) is 8.98. The summed E-state index contributed by atoms with van der Waals surface area (Å²) in [5, 5.41) is 1.78. The van der Waals surface area contributed by atoms with Crippen molar-refractivity contribution in [3.63, 3.8) is 0 Å². The molecule has 3 aromatic rings. The van der Waals surface area contributed by atoms with Crippen molar-refractivity contribution >= 4 is 45.8 Å². The topological polar surface area (TPSA) is 75.3 Å². The van der Waals surface area contributed by atoms with E-state index in [4.69, 9.17) is 28.9 Å². The molecule has 1 aliphatic heterocycles. The second-order valence-corrected chi connectivity index (χ2v) is 7.64. The predicted octanol–water partition coefficient (Wildman–Crippen LogP) is 3.48. The third-order valence-corrected chi connectivity index (χ3v) is 5.25. The first-order valence-corrected chi connectivity index (χ1v) is 9.74. The maximum atomic E-state index is 12.7. The quantitative estimate of drug-likeness (QED) is 0.708. The van der Waals surface area contributed by atoms with E-state index in [-0.39, 0.29) is 5.91 Å². The number of nitrogens with zero attached hydrogens (tertiary/aromatic N) is 4. The summed E-state index contributed by atoms with van der Waals surface area (Å²) in [4.78, 5) is 25.8. The average molecular weight is 416 g/mol. The van der Waals surface area contributed by atoms with Gasteiger partial charge >= 0.3 is 0 Å². The fourth-order valence-corrected chi connectivity index (χ4v) is 3.92. The van der Waals surface area contributed by atoms with E-state index in [0.29, 0.717) is 46.9 Å². The van der Waals surface area contributed by atoms with Crippen LogP contribution in [0.25, 0.3) is 10.9 Å². The fraction of sp³-hybridized carbons (Fsp3) is 0.250. The Hall–Kier alpha value is -2.41. The second kappa shape index (κ2) is 7.91. The standard InChI is InChI=1S/C20H19Cl2N5O/c21-14-9-13(10-15(22)11-14)20(28)27-7-5-26(6-8-27)12-18-24-17-4-2-1-3-16(17)19(23)25-18/h1-4,9-11H,5-8,12H2,(H2,23,24,25). The lowest BCUT2D eigenvalue weighted by atomic mass is 10.2. The van der Waals surface area contributed by atoms with Gasteiger partial charge in [0.1, 0.15) is 11.6 Å². The highest BCUT2D eigenvalue weighted by atomic mass is 35.5. The SMILES string of the molecule is Nc1nc(CN2CCN(C(=O)c3cc(Cl)cc(Cl)c3)CC2)nc2ccccc12. The van der Waals surface area contributed by atoms with E-state index in [2.05, 4.69) is 14.9 Å². The molecule has 0 spiro atoms. The first kappa shape index (κ1) is 18.9. The lowest BCUT2D eigenvalue weighted by molar-refractivity contribution is 0.0625. The molecule has 0 unspecified atom stereocenters. The van der Waals surface area contributed by atoms with Crippen LogP contribution in [0.15, 0.2) is 42.5 Å². The molecule has 0 radical (unpaired) electrons. The number of carbonyl (C=O) groups is 1. The van der Waals surface area contributed by atoms with E-state index >= 15 is 0 Å². The summed E-state index contributed by atoms with van der Waals surface area (Å²) in [7, 11) is 0. The van der Waals surface area contributed by atoms with E-state index in [9.17, 15) is 4.79 Å². The zero-order valence-corrected chi connectivity index (χ0v) is 16.6. The third-order valence-electron chi connectivity index (χ3n) is 4.81. The molecule has 2 N–H and O–H groups in total. The van der Waals surface area contributed by atoms with Gasteiger partial charge in [0.15, 0.2) is 0 Å². The maximum Gasteiger partial charge on any atom is 0.254 e. The number of hydrogen-bond acceptors (Lipinski definition) is 5. The van der Waals surface area contributed by atoms with Crippen LogP contribution in [0.4, 0.5) is 5.82 Å². The van der Waals surface area contributed by atoms with Crippen LogP contribution < -0.4 is 5.73 Å². The molecule has 1 aliphatic rings. The van der Waals surface area contributed by atoms with Crippen molar-refractivity contribution in [2.45, 2.75) is 6.54 Å². The summed E-state index contributed by atoms with van der Waals surface area (Å²) < 4.78 is 0. The molecule has 144 valence electrons. The van der Waals surface area contributed by atoms with Crippen LogP contribution in [0.1, 0.15) is 16.2 Å². The number of anilines is 1. The van der Waals surface area contributed by atoms with Crippen LogP contribution in [-0.2, 0) is 6.54 Å². The number of nitrogens with two attached hydrogens (primary N) is 1. The number of piperazine rings is 1. The number of nitrogen functional groups attached to an aromatic ring is 1. The lowest BCUT2D eigenvalue weighted by Gasteiger charge is -2.34. The van der Waals surface area contributed by atoms with Gasteiger partial charge in [0.2, 0.25) is 0 Å². The molecule has 2 aromatic carbocycles. The highest BCUT2D eigenvalue weighted by molar-refractivity contribution is 6.35. The van der Waals surface area contributed by atoms with Gasteiger partial charge in [0.05, 0.1) is 12.1 Å². The Morgan fingerprint density at radius 3 is 2.39 bits per heavy atom. The molecule has 1 saturated heterocycles. The molecular weight excluding hydrogens is 397 g/mol. The number of rotatable bonds is 3. The number of halogens is 2. The van der Waals surface area contributed by atoms with E-state index in [1.54, 1.807) is 18.2 Å². The van der Waals surface area contributed by atoms with Crippen LogP contribution in [0.5, 0.6) is 0 Å². The van der Waals surface area contributed by atoms with Crippen molar-refractivity contribution in [2.24, 2.45) is 0 Å². The number of hydrogen-bond donors (Lipinski definition) is 1. The molecular formula is C20H19Cl2N5O. The summed E-state index contributed by atoms with van der Waals surface area (Å²) in [5.41, 5.74) is 7.42. The highest BCUT2D eigenvalue weighted by Gasteiger charge is 2.23. The number of para-hydroxylation sites is 1. The minimum atomic E-state index is -0.0600. The normalized spacial score (nSPS) is 15.1. The minimum absolute atomic E-state index is 0.0600. The van der Waals surface area contributed by atoms with Crippen molar-refractivity contribution in [3.05, 3.63) is 63.9 Å². The van der Waals surface area contributed by atoms with E-state index < -0.39 is 0 Å². The van der Waals surface area contributed by atoms with Crippen LogP contribution in [0.3, 0.4) is 0 Å². The molecule has 0 bridgehead atoms. The van der Waals surface area contributed by atoms with Crippen molar-refractivity contribution in [1.29, 1.82) is 0 Å². The number of amides is 1. The smallest absolute Gasteiger partial charge is 0.254 e. The Kier molecular flexibility index (Phi) is 5.35. The zero-order chi connectivity index (χ0) is 19.7. The Bertz CT molecular complexity index is 1010. The Morgan fingerprint density at radius 2 is 1.68 bits per heavy atom. The monoisotopic (exact) mass is 415 g/mol. The summed E-state index contributed by atoms with van der Waals surface area (Å²) in [6.45, 7) is 3.30. The molecule has 8 heteroatoms. The molecule has 1 fully saturated rings. The molecule has 6 nitrogen and oxygen atoms in total. The summed E-state index contributed by atoms with van der Waals surface area (Å²) in [5.74, 6) is 1.13. The molecule has 1 amide bonds. The molecule has 2 heterocycles. The average Bonchev–Trinajstić information content (AvgIpc) is 2.67. The van der Waals surface area contributed by atoms with Gasteiger partial charge in [-0.1, -0.05) is 35.3 Å². The molecule has 0 saturated carbocycles. The molecule has 0 atom stereocenters. The fourth-order valence-electron chi connectivity index (χ4n) is 3.39. The van der Waals surface area contributed by atoms with Gasteiger partial charge in [-0.05, 0) is 30.3 Å². The molecule has 4 rings (SSSR count). The van der Waals surface area contributed by atoms with Gasteiger partial charge in [0.25, 0.3) is 5.91 Å². The molecule has 1 aromatic heterocycles. The van der Waals surface area contributed by atoms with Gasteiger partial charge < -0.3 is 10.6 Å². The summed E-state index contributed by atoms with van der Waals surface area (Å²) in [6.07, 6.45) is 0. The Balaban J connectivity index is 1.41. The maximum absolute atomic E-state index is 12.7. The third kappa shape index (κ3) is 4.04.